The number of para-hydroxylation sites is 1. The maximum atomic E-state index is 11.3. The minimum absolute atomic E-state index is 0.423. The molecule has 0 aliphatic heterocycles. The van der Waals surface area contributed by atoms with Gasteiger partial charge in [-0.2, -0.15) is 0 Å². The fourth-order valence-electron chi connectivity index (χ4n) is 2.92. The van der Waals surface area contributed by atoms with E-state index in [-0.39, 0.29) is 0 Å². The molecule has 1 aliphatic carbocycles. The third-order valence-corrected chi connectivity index (χ3v) is 3.97. The van der Waals surface area contributed by atoms with Crippen LogP contribution in [-0.4, -0.2) is 23.2 Å². The summed E-state index contributed by atoms with van der Waals surface area (Å²) in [5.41, 5.74) is 3.52. The Morgan fingerprint density at radius 2 is 2.10 bits per heavy atom. The van der Waals surface area contributed by atoms with Crippen LogP contribution in [0.4, 0.5) is 0 Å². The van der Waals surface area contributed by atoms with Crippen molar-refractivity contribution in [1.82, 2.24) is 4.98 Å². The molecule has 0 amide bonds. The number of aryl methyl sites for hydroxylation is 1. The second-order valence-electron chi connectivity index (χ2n) is 5.22. The van der Waals surface area contributed by atoms with E-state index in [1.54, 1.807) is 7.11 Å². The lowest BCUT2D eigenvalue weighted by molar-refractivity contribution is -0.139. The first-order chi connectivity index (χ1) is 10.2. The first-order valence-electron chi connectivity index (χ1n) is 7.06. The topological polar surface area (TPSA) is 59.4 Å². The predicted octanol–water partition coefficient (Wildman–Crippen LogP) is 3.26. The van der Waals surface area contributed by atoms with Crippen LogP contribution in [0.15, 0.2) is 36.4 Å². The predicted molar refractivity (Wildman–Crippen MR) is 79.5 cm³/mol. The largest absolute Gasteiger partial charge is 0.496 e. The Bertz CT molecular complexity index is 681. The highest BCUT2D eigenvalue weighted by Gasteiger charge is 2.27. The second kappa shape index (κ2) is 5.56. The van der Waals surface area contributed by atoms with E-state index in [1.165, 1.54) is 0 Å². The number of ether oxygens (including phenoxy) is 1. The number of aromatic nitrogens is 1. The average Bonchev–Trinajstić information content (AvgIpc) is 2.53. The molecule has 1 heterocycles. The minimum atomic E-state index is -0.761. The van der Waals surface area contributed by atoms with Gasteiger partial charge < -0.3 is 9.84 Å². The third kappa shape index (κ3) is 2.49. The Morgan fingerprint density at radius 1 is 1.29 bits per heavy atom. The van der Waals surface area contributed by atoms with Gasteiger partial charge >= 0.3 is 5.97 Å². The minimum Gasteiger partial charge on any atom is -0.496 e. The quantitative estimate of drug-likeness (QED) is 0.939. The van der Waals surface area contributed by atoms with Gasteiger partial charge in [-0.3, -0.25) is 9.78 Å². The lowest BCUT2D eigenvalue weighted by Crippen LogP contribution is -2.19. The number of carboxylic acids is 1. The maximum Gasteiger partial charge on any atom is 0.311 e. The second-order valence-corrected chi connectivity index (χ2v) is 5.22. The van der Waals surface area contributed by atoms with Crippen molar-refractivity contribution in [3.8, 4) is 17.0 Å². The molecule has 0 radical (unpaired) electrons. The Balaban J connectivity index is 2.05. The van der Waals surface area contributed by atoms with Gasteiger partial charge in [-0.15, -0.1) is 0 Å². The van der Waals surface area contributed by atoms with E-state index >= 15 is 0 Å². The summed E-state index contributed by atoms with van der Waals surface area (Å²) in [6, 6.07) is 11.5. The molecule has 1 aromatic carbocycles. The van der Waals surface area contributed by atoms with E-state index in [9.17, 15) is 9.90 Å². The van der Waals surface area contributed by atoms with E-state index in [0.717, 1.165) is 41.1 Å². The number of methoxy groups -OCH3 is 1. The number of fused-ring (bicyclic) bond motifs is 1. The van der Waals surface area contributed by atoms with Crippen molar-refractivity contribution in [1.29, 1.82) is 0 Å². The van der Waals surface area contributed by atoms with Crippen LogP contribution in [0, 0.1) is 0 Å². The molecule has 1 unspecified atom stereocenters. The van der Waals surface area contributed by atoms with Gasteiger partial charge in [-0.25, -0.2) is 0 Å². The van der Waals surface area contributed by atoms with Crippen LogP contribution in [-0.2, 0) is 11.2 Å². The van der Waals surface area contributed by atoms with Gasteiger partial charge in [0.15, 0.2) is 0 Å². The van der Waals surface area contributed by atoms with Gasteiger partial charge in [-0.1, -0.05) is 18.2 Å². The summed E-state index contributed by atoms with van der Waals surface area (Å²) in [5, 5.41) is 9.31. The molecule has 0 saturated carbocycles. The van der Waals surface area contributed by atoms with Crippen molar-refractivity contribution in [2.24, 2.45) is 0 Å². The van der Waals surface area contributed by atoms with Gasteiger partial charge in [0.1, 0.15) is 5.75 Å². The van der Waals surface area contributed by atoms with E-state index in [0.29, 0.717) is 6.42 Å². The number of benzene rings is 1. The summed E-state index contributed by atoms with van der Waals surface area (Å²) in [6.45, 7) is 0. The standard InChI is InChI=1S/C17H17NO3/c1-21-16-8-3-2-5-13(16)15-10-9-11-12(17(19)20)6-4-7-14(11)18-15/h2-3,5,8-10,12H,4,6-7H2,1H3,(H,19,20). The van der Waals surface area contributed by atoms with Gasteiger partial charge in [0, 0.05) is 11.3 Å². The summed E-state index contributed by atoms with van der Waals surface area (Å²) in [4.78, 5) is 16.0. The zero-order valence-corrected chi connectivity index (χ0v) is 11.9. The molecular formula is C17H17NO3. The molecule has 0 fully saturated rings. The number of carbonyl (C=O) groups is 1. The Morgan fingerprint density at radius 3 is 2.86 bits per heavy atom. The SMILES string of the molecule is COc1ccccc1-c1ccc2c(n1)CCCC2C(=O)O. The number of nitrogens with zero attached hydrogens (tertiary/aromatic N) is 1. The molecule has 21 heavy (non-hydrogen) atoms. The van der Waals surface area contributed by atoms with Crippen LogP contribution in [0.1, 0.15) is 30.0 Å². The molecule has 4 heteroatoms. The fourth-order valence-corrected chi connectivity index (χ4v) is 2.92. The summed E-state index contributed by atoms with van der Waals surface area (Å²) >= 11 is 0. The summed E-state index contributed by atoms with van der Waals surface area (Å²) < 4.78 is 5.37. The maximum absolute atomic E-state index is 11.3. The number of carboxylic acid groups (broad SMARTS) is 1. The third-order valence-electron chi connectivity index (χ3n) is 3.97. The van der Waals surface area contributed by atoms with Crippen molar-refractivity contribution in [2.45, 2.75) is 25.2 Å². The van der Waals surface area contributed by atoms with E-state index in [2.05, 4.69) is 4.98 Å². The molecular weight excluding hydrogens is 266 g/mol. The zero-order valence-electron chi connectivity index (χ0n) is 11.9. The number of pyridine rings is 1. The van der Waals surface area contributed by atoms with Gasteiger partial charge in [0.2, 0.25) is 0 Å². The Kier molecular flexibility index (Phi) is 3.60. The highest BCUT2D eigenvalue weighted by molar-refractivity contribution is 5.77. The smallest absolute Gasteiger partial charge is 0.311 e. The van der Waals surface area contributed by atoms with Gasteiger partial charge in [0.05, 0.1) is 18.7 Å². The zero-order chi connectivity index (χ0) is 14.8. The molecule has 1 N–H and O–H groups in total. The molecule has 2 aromatic rings. The molecule has 108 valence electrons. The van der Waals surface area contributed by atoms with Crippen molar-refractivity contribution in [2.75, 3.05) is 7.11 Å². The molecule has 1 aliphatic rings. The lowest BCUT2D eigenvalue weighted by Gasteiger charge is -2.22. The van der Waals surface area contributed by atoms with Crippen LogP contribution < -0.4 is 4.74 Å². The molecule has 3 rings (SSSR count). The van der Waals surface area contributed by atoms with Crippen molar-refractivity contribution in [3.63, 3.8) is 0 Å². The average molecular weight is 283 g/mol. The molecule has 4 nitrogen and oxygen atoms in total. The fraction of sp³-hybridized carbons (Fsp3) is 0.294. The lowest BCUT2D eigenvalue weighted by atomic mass is 9.85. The molecule has 0 saturated heterocycles. The van der Waals surface area contributed by atoms with Crippen LogP contribution in [0.2, 0.25) is 0 Å². The number of hydrogen-bond acceptors (Lipinski definition) is 3. The highest BCUT2D eigenvalue weighted by Crippen LogP contribution is 2.34. The molecule has 1 aromatic heterocycles. The van der Waals surface area contributed by atoms with Crippen molar-refractivity contribution < 1.29 is 14.6 Å². The van der Waals surface area contributed by atoms with Crippen LogP contribution in [0.3, 0.4) is 0 Å². The van der Waals surface area contributed by atoms with E-state index < -0.39 is 11.9 Å². The monoisotopic (exact) mass is 283 g/mol. The van der Waals surface area contributed by atoms with Gasteiger partial charge in [0.25, 0.3) is 0 Å². The van der Waals surface area contributed by atoms with Crippen LogP contribution >= 0.6 is 0 Å². The Labute approximate surface area is 123 Å². The molecule has 0 bridgehead atoms. The first-order valence-corrected chi connectivity index (χ1v) is 7.06. The van der Waals surface area contributed by atoms with Crippen LogP contribution in [0.5, 0.6) is 5.75 Å². The van der Waals surface area contributed by atoms with E-state index in [4.69, 9.17) is 4.74 Å². The number of rotatable bonds is 3. The summed E-state index contributed by atoms with van der Waals surface area (Å²) in [7, 11) is 1.64. The number of hydrogen-bond donors (Lipinski definition) is 1. The van der Waals surface area contributed by atoms with E-state index in [1.807, 2.05) is 36.4 Å². The van der Waals surface area contributed by atoms with Crippen molar-refractivity contribution in [3.05, 3.63) is 47.7 Å². The summed E-state index contributed by atoms with van der Waals surface area (Å²) in [6.07, 6.45) is 2.40. The normalized spacial score (nSPS) is 17.1. The molecule has 0 spiro atoms. The number of aliphatic carboxylic acids is 1. The Hall–Kier alpha value is -2.36. The summed E-state index contributed by atoms with van der Waals surface area (Å²) in [5.74, 6) is -0.411. The highest BCUT2D eigenvalue weighted by atomic mass is 16.5. The molecule has 1 atom stereocenters. The van der Waals surface area contributed by atoms with Crippen molar-refractivity contribution >= 4 is 5.97 Å². The van der Waals surface area contributed by atoms with Gasteiger partial charge in [-0.05, 0) is 43.0 Å². The first kappa shape index (κ1) is 13.6. The van der Waals surface area contributed by atoms with Crippen LogP contribution in [0.25, 0.3) is 11.3 Å².